The number of piperazine rings is 1. The molecule has 2 unspecified atom stereocenters. The van der Waals surface area contributed by atoms with Crippen molar-refractivity contribution in [2.75, 3.05) is 0 Å². The number of hydrogen-bond acceptors (Lipinski definition) is 2. The Bertz CT molecular complexity index is 368. The maximum atomic E-state index is 12.5. The molecule has 1 saturated heterocycles. The Labute approximate surface area is 108 Å². The number of carbonyl (C=O) groups excluding carboxylic acids is 2. The van der Waals surface area contributed by atoms with Crippen molar-refractivity contribution in [1.29, 1.82) is 0 Å². The number of nitrogens with one attached hydrogen (secondary N) is 1. The molecular formula is C14H22N2O2. The van der Waals surface area contributed by atoms with Crippen LogP contribution >= 0.6 is 0 Å². The van der Waals surface area contributed by atoms with Crippen LogP contribution in [0.1, 0.15) is 40.0 Å². The minimum atomic E-state index is -0.342. The van der Waals surface area contributed by atoms with Crippen LogP contribution in [0.4, 0.5) is 0 Å². The van der Waals surface area contributed by atoms with E-state index in [1.807, 2.05) is 6.92 Å². The zero-order valence-corrected chi connectivity index (χ0v) is 11.3. The lowest BCUT2D eigenvalue weighted by atomic mass is 9.97. The first-order valence-corrected chi connectivity index (χ1v) is 6.78. The molecule has 1 fully saturated rings. The van der Waals surface area contributed by atoms with E-state index in [1.54, 1.807) is 4.90 Å². The van der Waals surface area contributed by atoms with Gasteiger partial charge in [0, 0.05) is 6.04 Å². The molecular weight excluding hydrogens is 228 g/mol. The molecule has 4 nitrogen and oxygen atoms in total. The molecule has 0 spiro atoms. The quantitative estimate of drug-likeness (QED) is 0.771. The Kier molecular flexibility index (Phi) is 3.73. The summed E-state index contributed by atoms with van der Waals surface area (Å²) >= 11 is 0. The van der Waals surface area contributed by atoms with E-state index in [0.29, 0.717) is 12.3 Å². The highest BCUT2D eigenvalue weighted by Crippen LogP contribution is 2.24. The van der Waals surface area contributed by atoms with Gasteiger partial charge < -0.3 is 10.2 Å². The van der Waals surface area contributed by atoms with E-state index < -0.39 is 0 Å². The molecule has 18 heavy (non-hydrogen) atoms. The fraction of sp³-hybridized carbons (Fsp3) is 0.714. The molecule has 2 amide bonds. The Morgan fingerprint density at radius 3 is 2.50 bits per heavy atom. The summed E-state index contributed by atoms with van der Waals surface area (Å²) in [6.07, 6.45) is 6.65. The van der Waals surface area contributed by atoms with Crippen molar-refractivity contribution < 1.29 is 9.59 Å². The van der Waals surface area contributed by atoms with Crippen LogP contribution < -0.4 is 5.32 Å². The van der Waals surface area contributed by atoms with Crippen LogP contribution in [-0.4, -0.2) is 34.8 Å². The average molecular weight is 250 g/mol. The molecule has 100 valence electrons. The number of hydrogen-bond donors (Lipinski definition) is 1. The molecule has 2 rings (SSSR count). The molecule has 0 radical (unpaired) electrons. The Morgan fingerprint density at radius 1 is 1.33 bits per heavy atom. The van der Waals surface area contributed by atoms with Crippen molar-refractivity contribution in [3.8, 4) is 0 Å². The van der Waals surface area contributed by atoms with Gasteiger partial charge in [0.25, 0.3) is 0 Å². The summed E-state index contributed by atoms with van der Waals surface area (Å²) in [6, 6.07) is -0.506. The summed E-state index contributed by atoms with van der Waals surface area (Å²) < 4.78 is 0. The largest absolute Gasteiger partial charge is 0.343 e. The van der Waals surface area contributed by atoms with Gasteiger partial charge in [0.1, 0.15) is 12.1 Å². The minimum Gasteiger partial charge on any atom is -0.343 e. The summed E-state index contributed by atoms with van der Waals surface area (Å²) in [5.74, 6) is 0.466. The standard InChI is InChI=1S/C14H22N2O2/c1-9(2)8-12-14(18)16(10(3)13(17)15-12)11-6-4-5-7-11/h4-5,9-12H,6-8H2,1-3H3,(H,15,17). The lowest BCUT2D eigenvalue weighted by Crippen LogP contribution is -2.64. The molecule has 0 aromatic rings. The van der Waals surface area contributed by atoms with Gasteiger partial charge in [-0.2, -0.15) is 0 Å². The van der Waals surface area contributed by atoms with Gasteiger partial charge in [0.2, 0.25) is 11.8 Å². The number of nitrogens with zero attached hydrogens (tertiary/aromatic N) is 1. The van der Waals surface area contributed by atoms with Gasteiger partial charge in [-0.15, -0.1) is 0 Å². The van der Waals surface area contributed by atoms with Crippen molar-refractivity contribution in [1.82, 2.24) is 10.2 Å². The molecule has 0 bridgehead atoms. The van der Waals surface area contributed by atoms with Crippen molar-refractivity contribution >= 4 is 11.8 Å². The summed E-state index contributed by atoms with van der Waals surface area (Å²) in [6.45, 7) is 5.95. The molecule has 1 heterocycles. The average Bonchev–Trinajstić information content (AvgIpc) is 2.79. The van der Waals surface area contributed by atoms with Gasteiger partial charge in [-0.25, -0.2) is 0 Å². The maximum Gasteiger partial charge on any atom is 0.246 e. The predicted octanol–water partition coefficient (Wildman–Crippen LogP) is 1.47. The van der Waals surface area contributed by atoms with Crippen LogP contribution in [0.5, 0.6) is 0 Å². The molecule has 4 heteroatoms. The van der Waals surface area contributed by atoms with Crippen LogP contribution in [0.3, 0.4) is 0 Å². The van der Waals surface area contributed by atoms with E-state index in [2.05, 4.69) is 31.3 Å². The van der Waals surface area contributed by atoms with Crippen LogP contribution in [0.25, 0.3) is 0 Å². The second-order valence-corrected chi connectivity index (χ2v) is 5.71. The third-order valence-electron chi connectivity index (χ3n) is 3.75. The SMILES string of the molecule is CC(C)CC1NC(=O)C(C)N(C2CC=CC2)C1=O. The summed E-state index contributed by atoms with van der Waals surface area (Å²) in [5, 5.41) is 2.85. The second kappa shape index (κ2) is 5.12. The Morgan fingerprint density at radius 2 is 1.94 bits per heavy atom. The van der Waals surface area contributed by atoms with Crippen LogP contribution in [0.2, 0.25) is 0 Å². The van der Waals surface area contributed by atoms with Crippen LogP contribution in [-0.2, 0) is 9.59 Å². The summed E-state index contributed by atoms with van der Waals surface area (Å²) in [4.78, 5) is 26.3. The highest BCUT2D eigenvalue weighted by atomic mass is 16.2. The lowest BCUT2D eigenvalue weighted by molar-refractivity contribution is -0.151. The number of carbonyl (C=O) groups is 2. The minimum absolute atomic E-state index is 0.0212. The van der Waals surface area contributed by atoms with Crippen molar-refractivity contribution in [2.24, 2.45) is 5.92 Å². The van der Waals surface area contributed by atoms with Gasteiger partial charge in [0.15, 0.2) is 0 Å². The van der Waals surface area contributed by atoms with Gasteiger partial charge in [-0.3, -0.25) is 9.59 Å². The fourth-order valence-electron chi connectivity index (χ4n) is 2.81. The maximum absolute atomic E-state index is 12.5. The van der Waals surface area contributed by atoms with E-state index in [-0.39, 0.29) is 29.9 Å². The lowest BCUT2D eigenvalue weighted by Gasteiger charge is -2.41. The first-order valence-electron chi connectivity index (χ1n) is 6.78. The first kappa shape index (κ1) is 13.1. The van der Waals surface area contributed by atoms with E-state index >= 15 is 0 Å². The van der Waals surface area contributed by atoms with E-state index in [1.165, 1.54) is 0 Å². The van der Waals surface area contributed by atoms with E-state index in [9.17, 15) is 9.59 Å². The van der Waals surface area contributed by atoms with Crippen molar-refractivity contribution in [3.63, 3.8) is 0 Å². The molecule has 0 aromatic heterocycles. The van der Waals surface area contributed by atoms with Crippen molar-refractivity contribution in [3.05, 3.63) is 12.2 Å². The van der Waals surface area contributed by atoms with Crippen LogP contribution in [0, 0.1) is 5.92 Å². The molecule has 0 saturated carbocycles. The Hall–Kier alpha value is -1.32. The first-order chi connectivity index (χ1) is 8.50. The number of amides is 2. The van der Waals surface area contributed by atoms with Gasteiger partial charge in [0.05, 0.1) is 0 Å². The van der Waals surface area contributed by atoms with Gasteiger partial charge in [-0.1, -0.05) is 26.0 Å². The highest BCUT2D eigenvalue weighted by molar-refractivity contribution is 5.97. The molecule has 0 aromatic carbocycles. The van der Waals surface area contributed by atoms with E-state index in [0.717, 1.165) is 12.8 Å². The zero-order chi connectivity index (χ0) is 13.3. The predicted molar refractivity (Wildman–Crippen MR) is 69.9 cm³/mol. The monoisotopic (exact) mass is 250 g/mol. The third kappa shape index (κ3) is 2.42. The van der Waals surface area contributed by atoms with Crippen LogP contribution in [0.15, 0.2) is 12.2 Å². The Balaban J connectivity index is 2.14. The fourth-order valence-corrected chi connectivity index (χ4v) is 2.81. The number of rotatable bonds is 3. The smallest absolute Gasteiger partial charge is 0.246 e. The molecule has 1 N–H and O–H groups in total. The normalized spacial score (nSPS) is 29.2. The highest BCUT2D eigenvalue weighted by Gasteiger charge is 2.41. The zero-order valence-electron chi connectivity index (χ0n) is 11.3. The summed E-state index contributed by atoms with van der Waals surface area (Å²) in [7, 11) is 0. The molecule has 1 aliphatic heterocycles. The summed E-state index contributed by atoms with van der Waals surface area (Å²) in [5.41, 5.74) is 0. The topological polar surface area (TPSA) is 49.4 Å². The third-order valence-corrected chi connectivity index (χ3v) is 3.75. The second-order valence-electron chi connectivity index (χ2n) is 5.71. The van der Waals surface area contributed by atoms with Gasteiger partial charge in [-0.05, 0) is 32.1 Å². The van der Waals surface area contributed by atoms with Gasteiger partial charge >= 0.3 is 0 Å². The van der Waals surface area contributed by atoms with Crippen molar-refractivity contribution in [2.45, 2.75) is 58.2 Å². The molecule has 1 aliphatic carbocycles. The molecule has 2 aliphatic rings. The van der Waals surface area contributed by atoms with E-state index in [4.69, 9.17) is 0 Å². The molecule has 2 atom stereocenters.